The van der Waals surface area contributed by atoms with E-state index in [4.69, 9.17) is 0 Å². The number of hydrogen-bond donors (Lipinski definition) is 1. The summed E-state index contributed by atoms with van der Waals surface area (Å²) in [5, 5.41) is 2.24. The molecule has 0 spiro atoms. The number of nitrogens with zero attached hydrogens (tertiary/aromatic N) is 1. The molecule has 0 aliphatic carbocycles. The Bertz CT molecular complexity index is 1370. The molecule has 1 unspecified atom stereocenters. The first-order valence-corrected chi connectivity index (χ1v) is 12.4. The van der Waals surface area contributed by atoms with Crippen LogP contribution in [0, 0.1) is 5.82 Å². The number of carbonyl (C=O) groups excluding carboxylic acids is 1. The average Bonchev–Trinajstić information content (AvgIpc) is 3.09. The van der Waals surface area contributed by atoms with Crippen LogP contribution in [0.2, 0.25) is 0 Å². The number of anilines is 1. The molecular weight excluding hydrogens is 431 g/mol. The van der Waals surface area contributed by atoms with E-state index in [9.17, 15) is 26.0 Å². The van der Waals surface area contributed by atoms with Crippen LogP contribution in [0.3, 0.4) is 0 Å². The molecule has 1 amide bonds. The van der Waals surface area contributed by atoms with Crippen molar-refractivity contribution in [2.75, 3.05) is 16.8 Å². The van der Waals surface area contributed by atoms with E-state index < -0.39 is 48.0 Å². The molecule has 2 heterocycles. The molecule has 0 radical (unpaired) electrons. The summed E-state index contributed by atoms with van der Waals surface area (Å²) in [6, 6.07) is 11.6. The van der Waals surface area contributed by atoms with E-state index in [1.54, 1.807) is 36.5 Å². The summed E-state index contributed by atoms with van der Waals surface area (Å²) >= 11 is 0. The Kier molecular flexibility index (Phi) is 5.07. The fraction of sp³-hybridized carbons (Fsp3) is 0.200. The van der Waals surface area contributed by atoms with E-state index in [0.717, 1.165) is 23.6 Å². The molecule has 156 valence electrons. The van der Waals surface area contributed by atoms with Gasteiger partial charge in [-0.15, -0.1) is 0 Å². The number of carbonyl (C=O) groups is 1. The fourth-order valence-corrected chi connectivity index (χ4v) is 7.83. The minimum Gasteiger partial charge on any atom is -0.320 e. The van der Waals surface area contributed by atoms with Gasteiger partial charge in [0.1, 0.15) is 5.82 Å². The van der Waals surface area contributed by atoms with Crippen LogP contribution < -0.4 is 5.32 Å². The predicted octanol–water partition coefficient (Wildman–Crippen LogP) is 2.59. The Morgan fingerprint density at radius 3 is 2.63 bits per heavy atom. The Morgan fingerprint density at radius 2 is 1.90 bits per heavy atom. The lowest BCUT2D eigenvalue weighted by atomic mass is 10.1. The minimum absolute atomic E-state index is 0.0226. The molecule has 0 saturated carbocycles. The number of amides is 1. The summed E-state index contributed by atoms with van der Waals surface area (Å²) in [5.41, 5.74) is 0.409. The van der Waals surface area contributed by atoms with Crippen molar-refractivity contribution in [2.24, 2.45) is 0 Å². The number of nitrogens with one attached hydrogen (secondary N) is 1. The molecule has 1 N–H and O–H groups in total. The zero-order valence-corrected chi connectivity index (χ0v) is 17.2. The Morgan fingerprint density at radius 1 is 1.13 bits per heavy atom. The number of halogens is 1. The Hall–Kier alpha value is -2.85. The van der Waals surface area contributed by atoms with Crippen molar-refractivity contribution in [1.29, 1.82) is 0 Å². The molecule has 1 fully saturated rings. The molecule has 4 rings (SSSR count). The van der Waals surface area contributed by atoms with Gasteiger partial charge < -0.3 is 5.32 Å². The molecule has 3 aromatic rings. The second-order valence-electron chi connectivity index (χ2n) is 7.05. The molecule has 1 saturated heterocycles. The topological polar surface area (TPSA) is 110 Å². The zero-order chi connectivity index (χ0) is 21.5. The van der Waals surface area contributed by atoms with Gasteiger partial charge in [0.05, 0.1) is 38.4 Å². The monoisotopic (exact) mass is 448 g/mol. The first-order valence-electron chi connectivity index (χ1n) is 9.06. The highest BCUT2D eigenvalue weighted by Crippen LogP contribution is 2.27. The Balaban J connectivity index is 1.67. The minimum atomic E-state index is -4.03. The highest BCUT2D eigenvalue weighted by molar-refractivity contribution is 7.96. The largest absolute Gasteiger partial charge is 0.320 e. The van der Waals surface area contributed by atoms with Crippen molar-refractivity contribution in [1.82, 2.24) is 4.98 Å². The van der Waals surface area contributed by atoms with E-state index in [-0.39, 0.29) is 17.1 Å². The van der Waals surface area contributed by atoms with E-state index in [0.29, 0.717) is 11.2 Å². The third-order valence-electron chi connectivity index (χ3n) is 5.02. The fourth-order valence-electron chi connectivity index (χ4n) is 3.45. The number of sulfone groups is 2. The molecule has 1 aliphatic heterocycles. The molecule has 7 nitrogen and oxygen atoms in total. The van der Waals surface area contributed by atoms with Crippen molar-refractivity contribution in [3.05, 3.63) is 66.1 Å². The van der Waals surface area contributed by atoms with Gasteiger partial charge in [0.2, 0.25) is 0 Å². The Labute approximate surface area is 172 Å². The third kappa shape index (κ3) is 3.80. The molecule has 30 heavy (non-hydrogen) atoms. The summed E-state index contributed by atoms with van der Waals surface area (Å²) in [4.78, 5) is 16.6. The van der Waals surface area contributed by atoms with Gasteiger partial charge >= 0.3 is 0 Å². The molecule has 1 atom stereocenters. The molecule has 10 heteroatoms. The van der Waals surface area contributed by atoms with Gasteiger partial charge in [-0.1, -0.05) is 18.2 Å². The van der Waals surface area contributed by atoms with E-state index in [1.165, 1.54) is 0 Å². The number of fused-ring (bicyclic) bond motifs is 1. The predicted molar refractivity (Wildman–Crippen MR) is 110 cm³/mol. The van der Waals surface area contributed by atoms with Gasteiger partial charge in [-0.25, -0.2) is 21.2 Å². The van der Waals surface area contributed by atoms with Crippen molar-refractivity contribution in [3.8, 4) is 0 Å². The van der Waals surface area contributed by atoms with Gasteiger partial charge in [0.25, 0.3) is 5.91 Å². The number of para-hydroxylation sites is 1. The van der Waals surface area contributed by atoms with Gasteiger partial charge in [0.15, 0.2) is 19.7 Å². The van der Waals surface area contributed by atoms with Crippen LogP contribution in [-0.4, -0.2) is 44.5 Å². The number of aromatic nitrogens is 1. The summed E-state index contributed by atoms with van der Waals surface area (Å²) in [5.74, 6) is -2.41. The van der Waals surface area contributed by atoms with E-state index in [2.05, 4.69) is 10.3 Å². The van der Waals surface area contributed by atoms with Crippen LogP contribution in [0.5, 0.6) is 0 Å². The van der Waals surface area contributed by atoms with Crippen LogP contribution in [0.1, 0.15) is 16.8 Å². The lowest BCUT2D eigenvalue weighted by Crippen LogP contribution is -2.23. The zero-order valence-electron chi connectivity index (χ0n) is 15.6. The quantitative estimate of drug-likeness (QED) is 0.615. The maximum Gasteiger partial charge on any atom is 0.258 e. The van der Waals surface area contributed by atoms with Crippen LogP contribution in [0.4, 0.5) is 10.1 Å². The summed E-state index contributed by atoms with van der Waals surface area (Å²) in [6.45, 7) is 0. The van der Waals surface area contributed by atoms with Crippen molar-refractivity contribution in [3.63, 3.8) is 0 Å². The highest BCUT2D eigenvalue weighted by atomic mass is 32.2. The number of pyridine rings is 1. The molecule has 1 aromatic heterocycles. The molecule has 2 aromatic carbocycles. The number of rotatable bonds is 4. The summed E-state index contributed by atoms with van der Waals surface area (Å²) in [7, 11) is -7.45. The lowest BCUT2D eigenvalue weighted by molar-refractivity contribution is 0.102. The van der Waals surface area contributed by atoms with Crippen LogP contribution in [0.25, 0.3) is 10.9 Å². The first kappa shape index (κ1) is 20.4. The summed E-state index contributed by atoms with van der Waals surface area (Å²) in [6.07, 6.45) is 1.53. The molecular formula is C20H17FN2O5S2. The van der Waals surface area contributed by atoms with Crippen molar-refractivity contribution >= 4 is 42.2 Å². The van der Waals surface area contributed by atoms with Gasteiger partial charge in [0, 0.05) is 11.6 Å². The standard InChI is InChI=1S/C20H17FN2O5S2/c21-17-7-6-14(30(27,28)15-8-10-29(25,26)12-15)11-16(17)20(24)23-18-5-1-3-13-4-2-9-22-19(13)18/h1-7,9,11,15H,8,10,12H2,(H,23,24). The van der Waals surface area contributed by atoms with E-state index >= 15 is 0 Å². The smallest absolute Gasteiger partial charge is 0.258 e. The normalized spacial score (nSPS) is 18.4. The third-order valence-corrected chi connectivity index (χ3v) is 9.19. The van der Waals surface area contributed by atoms with Crippen LogP contribution in [0.15, 0.2) is 59.6 Å². The van der Waals surface area contributed by atoms with Crippen LogP contribution >= 0.6 is 0 Å². The second-order valence-corrected chi connectivity index (χ2v) is 11.5. The lowest BCUT2D eigenvalue weighted by Gasteiger charge is -2.13. The molecule has 0 bridgehead atoms. The van der Waals surface area contributed by atoms with E-state index in [1.807, 2.05) is 0 Å². The summed E-state index contributed by atoms with van der Waals surface area (Å²) < 4.78 is 63.3. The van der Waals surface area contributed by atoms with Crippen LogP contribution in [-0.2, 0) is 19.7 Å². The van der Waals surface area contributed by atoms with Crippen molar-refractivity contribution in [2.45, 2.75) is 16.6 Å². The molecule has 1 aliphatic rings. The van der Waals surface area contributed by atoms with Crippen molar-refractivity contribution < 1.29 is 26.0 Å². The number of hydrogen-bond acceptors (Lipinski definition) is 6. The van der Waals surface area contributed by atoms with Gasteiger partial charge in [-0.2, -0.15) is 0 Å². The average molecular weight is 448 g/mol. The SMILES string of the molecule is O=C(Nc1cccc2cccnc12)c1cc(S(=O)(=O)C2CCS(=O)(=O)C2)ccc1F. The maximum atomic E-state index is 14.4. The number of benzene rings is 2. The van der Waals surface area contributed by atoms with Gasteiger partial charge in [-0.05, 0) is 36.8 Å². The second kappa shape index (κ2) is 7.44. The first-order chi connectivity index (χ1) is 14.2. The highest BCUT2D eigenvalue weighted by Gasteiger charge is 2.38. The maximum absolute atomic E-state index is 14.4. The van der Waals surface area contributed by atoms with Gasteiger partial charge in [-0.3, -0.25) is 9.78 Å².